The molecule has 3 aromatic rings. The average molecular weight is 630 g/mol. The van der Waals surface area contributed by atoms with E-state index in [0.29, 0.717) is 18.1 Å². The van der Waals surface area contributed by atoms with Crippen molar-refractivity contribution >= 4 is 27.5 Å². The van der Waals surface area contributed by atoms with Crippen molar-refractivity contribution in [1.82, 2.24) is 10.2 Å². The van der Waals surface area contributed by atoms with Gasteiger partial charge in [0.25, 0.3) is 10.0 Å². The molecule has 0 heterocycles. The van der Waals surface area contributed by atoms with Gasteiger partial charge >= 0.3 is 0 Å². The molecule has 0 bridgehead atoms. The van der Waals surface area contributed by atoms with Crippen molar-refractivity contribution in [3.63, 3.8) is 0 Å². The third-order valence-electron chi connectivity index (χ3n) is 6.62. The number of amides is 2. The third-order valence-corrected chi connectivity index (χ3v) is 8.39. The van der Waals surface area contributed by atoms with Crippen molar-refractivity contribution < 1.29 is 36.6 Å². The first-order valence-corrected chi connectivity index (χ1v) is 15.5. The summed E-state index contributed by atoms with van der Waals surface area (Å²) in [5, 5.41) is 2.84. The summed E-state index contributed by atoms with van der Waals surface area (Å²) in [5.74, 6) is -0.736. The Kier molecular flexibility index (Phi) is 11.2. The predicted molar refractivity (Wildman–Crippen MR) is 166 cm³/mol. The SMILES string of the molecule is CCOc1ccc(N(CC(=O)N(Cc2ccccc2F)C(C)C(=O)NC(C)(C)C)S(=O)(=O)c2ccc(OC)c(OC)c2)cc1. The maximum atomic E-state index is 14.7. The number of halogens is 1. The molecule has 2 amide bonds. The van der Waals surface area contributed by atoms with Crippen molar-refractivity contribution in [3.05, 3.63) is 78.1 Å². The lowest BCUT2D eigenvalue weighted by Gasteiger charge is -2.33. The standard InChI is InChI=1S/C32H40FN3O7S/c1-8-43-25-15-13-24(14-16-25)36(44(39,40)26-17-18-28(41-6)29(19-26)42-7)21-30(37)35(20-23-11-9-10-12-27(23)33)22(2)31(38)34-32(3,4)5/h9-19,22H,8,20-21H2,1-7H3,(H,34,38). The molecule has 1 atom stereocenters. The summed E-state index contributed by atoms with van der Waals surface area (Å²) < 4.78 is 60.1. The molecule has 0 saturated heterocycles. The molecular weight excluding hydrogens is 589 g/mol. The zero-order valence-corrected chi connectivity index (χ0v) is 26.9. The Hall–Kier alpha value is -4.32. The van der Waals surface area contributed by atoms with Gasteiger partial charge in [-0.05, 0) is 77.1 Å². The lowest BCUT2D eigenvalue weighted by Crippen LogP contribution is -2.54. The van der Waals surface area contributed by atoms with Crippen LogP contribution in [0.3, 0.4) is 0 Å². The summed E-state index contributed by atoms with van der Waals surface area (Å²) in [4.78, 5) is 28.3. The van der Waals surface area contributed by atoms with E-state index in [1.807, 2.05) is 6.92 Å². The molecule has 0 aromatic heterocycles. The number of anilines is 1. The molecule has 1 unspecified atom stereocenters. The number of ether oxygens (including phenoxy) is 3. The summed E-state index contributed by atoms with van der Waals surface area (Å²) >= 11 is 0. The molecule has 0 radical (unpaired) electrons. The van der Waals surface area contributed by atoms with Gasteiger partial charge < -0.3 is 24.4 Å². The molecule has 0 fully saturated rings. The van der Waals surface area contributed by atoms with Gasteiger partial charge in [-0.2, -0.15) is 0 Å². The number of carbonyl (C=O) groups is 2. The molecular formula is C32H40FN3O7S. The first-order valence-electron chi connectivity index (χ1n) is 14.0. The van der Waals surface area contributed by atoms with E-state index in [-0.39, 0.29) is 28.4 Å². The van der Waals surface area contributed by atoms with Gasteiger partial charge in [-0.15, -0.1) is 0 Å². The van der Waals surface area contributed by atoms with Crippen LogP contribution in [0.25, 0.3) is 0 Å². The highest BCUT2D eigenvalue weighted by atomic mass is 32.2. The first kappa shape index (κ1) is 34.2. The lowest BCUT2D eigenvalue weighted by molar-refractivity contribution is -0.140. The molecule has 0 saturated carbocycles. The van der Waals surface area contributed by atoms with Gasteiger partial charge in [0, 0.05) is 23.7 Å². The highest BCUT2D eigenvalue weighted by Crippen LogP contribution is 2.33. The number of benzene rings is 3. The Morgan fingerprint density at radius 2 is 1.59 bits per heavy atom. The fraction of sp³-hybridized carbons (Fsp3) is 0.375. The second kappa shape index (κ2) is 14.4. The fourth-order valence-electron chi connectivity index (χ4n) is 4.38. The second-order valence-corrected chi connectivity index (χ2v) is 12.8. The van der Waals surface area contributed by atoms with E-state index in [1.54, 1.807) is 39.0 Å². The van der Waals surface area contributed by atoms with Crippen LogP contribution in [-0.4, -0.2) is 64.1 Å². The van der Waals surface area contributed by atoms with Gasteiger partial charge in [0.2, 0.25) is 11.8 Å². The number of methoxy groups -OCH3 is 2. The minimum atomic E-state index is -4.39. The van der Waals surface area contributed by atoms with E-state index in [0.717, 1.165) is 4.31 Å². The molecule has 10 nitrogen and oxygen atoms in total. The quantitative estimate of drug-likeness (QED) is 0.290. The van der Waals surface area contributed by atoms with Gasteiger partial charge in [0.15, 0.2) is 11.5 Å². The largest absolute Gasteiger partial charge is 0.494 e. The molecule has 3 aromatic carbocycles. The number of carbonyl (C=O) groups excluding carboxylic acids is 2. The van der Waals surface area contributed by atoms with E-state index in [4.69, 9.17) is 14.2 Å². The molecule has 44 heavy (non-hydrogen) atoms. The topological polar surface area (TPSA) is 114 Å². The van der Waals surface area contributed by atoms with Crippen LogP contribution in [0.1, 0.15) is 40.2 Å². The summed E-state index contributed by atoms with van der Waals surface area (Å²) in [5.41, 5.74) is -0.260. The maximum absolute atomic E-state index is 14.7. The fourth-order valence-corrected chi connectivity index (χ4v) is 5.81. The zero-order chi connectivity index (χ0) is 32.7. The molecule has 3 rings (SSSR count). The summed E-state index contributed by atoms with van der Waals surface area (Å²) in [6.45, 7) is 8.18. The van der Waals surface area contributed by atoms with Crippen LogP contribution >= 0.6 is 0 Å². The average Bonchev–Trinajstić information content (AvgIpc) is 2.98. The van der Waals surface area contributed by atoms with Crippen LogP contribution in [-0.2, 0) is 26.2 Å². The Morgan fingerprint density at radius 3 is 2.16 bits per heavy atom. The molecule has 0 spiro atoms. The van der Waals surface area contributed by atoms with Crippen molar-refractivity contribution in [2.24, 2.45) is 0 Å². The van der Waals surface area contributed by atoms with Crippen molar-refractivity contribution in [2.45, 2.75) is 57.6 Å². The minimum absolute atomic E-state index is 0.156. The van der Waals surface area contributed by atoms with E-state index < -0.39 is 45.8 Å². The van der Waals surface area contributed by atoms with Crippen molar-refractivity contribution in [2.75, 3.05) is 31.7 Å². The smallest absolute Gasteiger partial charge is 0.264 e. The van der Waals surface area contributed by atoms with Gasteiger partial charge in [-0.25, -0.2) is 12.8 Å². The molecule has 0 aliphatic heterocycles. The Morgan fingerprint density at radius 1 is 0.955 bits per heavy atom. The first-order chi connectivity index (χ1) is 20.7. The van der Waals surface area contributed by atoms with Gasteiger partial charge in [-0.1, -0.05) is 18.2 Å². The monoisotopic (exact) mass is 629 g/mol. The normalized spacial score (nSPS) is 12.2. The maximum Gasteiger partial charge on any atom is 0.264 e. The van der Waals surface area contributed by atoms with Gasteiger partial charge in [-0.3, -0.25) is 13.9 Å². The number of hydrogen-bond acceptors (Lipinski definition) is 7. The zero-order valence-electron chi connectivity index (χ0n) is 26.1. The van der Waals surface area contributed by atoms with Crippen LogP contribution < -0.4 is 23.8 Å². The molecule has 12 heteroatoms. The van der Waals surface area contributed by atoms with E-state index >= 15 is 0 Å². The van der Waals surface area contributed by atoms with E-state index in [2.05, 4.69) is 5.32 Å². The van der Waals surface area contributed by atoms with E-state index in [9.17, 15) is 22.4 Å². The predicted octanol–water partition coefficient (Wildman–Crippen LogP) is 4.77. The second-order valence-electron chi connectivity index (χ2n) is 11.0. The molecule has 0 aliphatic carbocycles. The summed E-state index contributed by atoms with van der Waals surface area (Å²) in [6.07, 6.45) is 0. The number of nitrogens with zero attached hydrogens (tertiary/aromatic N) is 2. The summed E-state index contributed by atoms with van der Waals surface area (Å²) in [7, 11) is -1.58. The Bertz CT molecular complexity index is 1560. The molecule has 238 valence electrons. The van der Waals surface area contributed by atoms with Crippen molar-refractivity contribution in [1.29, 1.82) is 0 Å². The molecule has 1 N–H and O–H groups in total. The minimum Gasteiger partial charge on any atom is -0.494 e. The number of sulfonamides is 1. The lowest BCUT2D eigenvalue weighted by atomic mass is 10.1. The highest BCUT2D eigenvalue weighted by molar-refractivity contribution is 7.92. The Labute approximate surface area is 258 Å². The number of nitrogens with one attached hydrogen (secondary N) is 1. The highest BCUT2D eigenvalue weighted by Gasteiger charge is 2.34. The van der Waals surface area contributed by atoms with Crippen molar-refractivity contribution in [3.8, 4) is 17.2 Å². The van der Waals surface area contributed by atoms with Crippen LogP contribution in [0.15, 0.2) is 71.6 Å². The molecule has 0 aliphatic rings. The van der Waals surface area contributed by atoms with Crippen LogP contribution in [0.4, 0.5) is 10.1 Å². The number of hydrogen-bond donors (Lipinski definition) is 1. The van der Waals surface area contributed by atoms with Crippen LogP contribution in [0.2, 0.25) is 0 Å². The van der Waals surface area contributed by atoms with E-state index in [1.165, 1.54) is 74.6 Å². The number of rotatable bonds is 13. The van der Waals surface area contributed by atoms with Gasteiger partial charge in [0.05, 0.1) is 31.4 Å². The van der Waals surface area contributed by atoms with Crippen LogP contribution in [0.5, 0.6) is 17.2 Å². The third kappa shape index (κ3) is 8.40. The summed E-state index contributed by atoms with van der Waals surface area (Å²) in [6, 6.07) is 15.2. The Balaban J connectivity index is 2.10. The van der Waals surface area contributed by atoms with Crippen LogP contribution in [0, 0.1) is 5.82 Å². The van der Waals surface area contributed by atoms with Gasteiger partial charge in [0.1, 0.15) is 24.2 Å².